The van der Waals surface area contributed by atoms with E-state index in [-0.39, 0.29) is 0 Å². The highest BCUT2D eigenvalue weighted by atomic mass is 35.5. The van der Waals surface area contributed by atoms with E-state index in [0.29, 0.717) is 12.1 Å². The van der Waals surface area contributed by atoms with E-state index in [1.807, 2.05) is 0 Å². The normalized spacial score (nSPS) is 11.6. The molecule has 0 atom stereocenters. The molecule has 94 valence electrons. The molecule has 0 saturated carbocycles. The summed E-state index contributed by atoms with van der Waals surface area (Å²) in [4.78, 5) is 11.2. The van der Waals surface area contributed by atoms with E-state index in [0.717, 1.165) is 0 Å². The maximum absolute atomic E-state index is 13.1. The van der Waals surface area contributed by atoms with E-state index < -0.39 is 47.0 Å². The van der Waals surface area contributed by atoms with Crippen molar-refractivity contribution in [1.29, 1.82) is 0 Å². The number of benzene rings is 1. The topological polar surface area (TPSA) is 17.1 Å². The Hall–Kier alpha value is -1.17. The third-order valence-electron chi connectivity index (χ3n) is 1.95. The van der Waals surface area contributed by atoms with Crippen LogP contribution >= 0.6 is 11.6 Å². The van der Waals surface area contributed by atoms with Crippen LogP contribution in [0.15, 0.2) is 12.1 Å². The van der Waals surface area contributed by atoms with E-state index in [1.54, 1.807) is 0 Å². The minimum atomic E-state index is -4.52. The van der Waals surface area contributed by atoms with E-state index in [1.165, 1.54) is 0 Å². The monoisotopic (exact) mass is 272 g/mol. The molecule has 0 bridgehead atoms. The van der Waals surface area contributed by atoms with Crippen molar-refractivity contribution >= 4 is 17.4 Å². The molecular formula is C10H6ClF5O. The minimum Gasteiger partial charge on any atom is -0.294 e. The SMILES string of the molecule is O=C(CCC(F)(F)F)c1cc(F)c(Cl)cc1F. The predicted molar refractivity (Wildman–Crippen MR) is 51.0 cm³/mol. The first-order valence-corrected chi connectivity index (χ1v) is 4.83. The molecule has 1 nitrogen and oxygen atoms in total. The quantitative estimate of drug-likeness (QED) is 0.459. The summed E-state index contributed by atoms with van der Waals surface area (Å²) in [5.41, 5.74) is -0.726. The number of hydrogen-bond acceptors (Lipinski definition) is 1. The van der Waals surface area contributed by atoms with Gasteiger partial charge in [-0.3, -0.25) is 4.79 Å². The molecule has 0 saturated heterocycles. The van der Waals surface area contributed by atoms with Gasteiger partial charge in [-0.2, -0.15) is 13.2 Å². The third-order valence-corrected chi connectivity index (χ3v) is 2.24. The first-order chi connectivity index (χ1) is 7.70. The molecule has 1 aromatic rings. The molecule has 7 heteroatoms. The smallest absolute Gasteiger partial charge is 0.294 e. The molecule has 0 radical (unpaired) electrons. The van der Waals surface area contributed by atoms with Gasteiger partial charge in [0.05, 0.1) is 17.0 Å². The maximum atomic E-state index is 13.1. The Bertz CT molecular complexity index is 441. The molecule has 0 heterocycles. The molecule has 0 spiro atoms. The van der Waals surface area contributed by atoms with Crippen LogP contribution in [0, 0.1) is 11.6 Å². The second kappa shape index (κ2) is 5.00. The molecule has 0 aliphatic carbocycles. The van der Waals surface area contributed by atoms with Gasteiger partial charge < -0.3 is 0 Å². The van der Waals surface area contributed by atoms with Crippen LogP contribution in [0.4, 0.5) is 22.0 Å². The second-order valence-corrected chi connectivity index (χ2v) is 3.69. The lowest BCUT2D eigenvalue weighted by atomic mass is 10.1. The molecule has 0 aliphatic heterocycles. The number of carbonyl (C=O) groups excluding carboxylic acids is 1. The van der Waals surface area contributed by atoms with Gasteiger partial charge in [0.2, 0.25) is 0 Å². The summed E-state index contributed by atoms with van der Waals surface area (Å²) in [6.45, 7) is 0. The fourth-order valence-electron chi connectivity index (χ4n) is 1.13. The lowest BCUT2D eigenvalue weighted by molar-refractivity contribution is -0.133. The lowest BCUT2D eigenvalue weighted by Crippen LogP contribution is -2.12. The molecule has 0 aliphatic rings. The zero-order valence-electron chi connectivity index (χ0n) is 8.24. The lowest BCUT2D eigenvalue weighted by Gasteiger charge is -2.06. The Morgan fingerprint density at radius 3 is 2.29 bits per heavy atom. The number of alkyl halides is 3. The zero-order valence-corrected chi connectivity index (χ0v) is 9.00. The summed E-state index contributed by atoms with van der Waals surface area (Å²) in [5, 5.41) is -0.533. The average molecular weight is 273 g/mol. The maximum Gasteiger partial charge on any atom is 0.389 e. The Labute approximate surface area is 98.2 Å². The summed E-state index contributed by atoms with van der Waals surface area (Å²) < 4.78 is 61.6. The summed E-state index contributed by atoms with van der Waals surface area (Å²) in [6.07, 6.45) is -6.83. The zero-order chi connectivity index (χ0) is 13.2. The number of ketones is 1. The molecule has 0 aromatic heterocycles. The van der Waals surface area contributed by atoms with Crippen LogP contribution in [0.2, 0.25) is 5.02 Å². The van der Waals surface area contributed by atoms with Gasteiger partial charge in [0, 0.05) is 6.42 Å². The van der Waals surface area contributed by atoms with E-state index in [9.17, 15) is 26.7 Å². The standard InChI is InChI=1S/C10H6ClF5O/c11-6-4-7(12)5(3-8(6)13)9(17)1-2-10(14,15)16/h3-4H,1-2H2. The molecule has 0 amide bonds. The van der Waals surface area contributed by atoms with Gasteiger partial charge >= 0.3 is 6.18 Å². The molecule has 1 aromatic carbocycles. The van der Waals surface area contributed by atoms with Crippen molar-refractivity contribution in [1.82, 2.24) is 0 Å². The van der Waals surface area contributed by atoms with Crippen LogP contribution in [0.25, 0.3) is 0 Å². The fraction of sp³-hybridized carbons (Fsp3) is 0.300. The summed E-state index contributed by atoms with van der Waals surface area (Å²) in [5.74, 6) is -3.30. The number of Topliss-reactive ketones (excluding diaryl/α,β-unsaturated/α-hetero) is 1. The van der Waals surface area contributed by atoms with Gasteiger partial charge in [0.25, 0.3) is 0 Å². The highest BCUT2D eigenvalue weighted by Gasteiger charge is 2.29. The van der Waals surface area contributed by atoms with Crippen LogP contribution in [0.3, 0.4) is 0 Å². The van der Waals surface area contributed by atoms with Crippen LogP contribution < -0.4 is 0 Å². The van der Waals surface area contributed by atoms with E-state index in [2.05, 4.69) is 0 Å². The van der Waals surface area contributed by atoms with Crippen molar-refractivity contribution in [2.75, 3.05) is 0 Å². The van der Waals surface area contributed by atoms with E-state index in [4.69, 9.17) is 11.6 Å². The Balaban J connectivity index is 2.86. The predicted octanol–water partition coefficient (Wildman–Crippen LogP) is 4.14. The minimum absolute atomic E-state index is 0.496. The van der Waals surface area contributed by atoms with Crippen LogP contribution in [0.5, 0.6) is 0 Å². The van der Waals surface area contributed by atoms with Gasteiger partial charge in [-0.15, -0.1) is 0 Å². The van der Waals surface area contributed by atoms with Gasteiger partial charge in [-0.1, -0.05) is 11.6 Å². The van der Waals surface area contributed by atoms with Crippen LogP contribution in [-0.2, 0) is 0 Å². The number of carbonyl (C=O) groups is 1. The largest absolute Gasteiger partial charge is 0.389 e. The first kappa shape index (κ1) is 13.9. The molecule has 17 heavy (non-hydrogen) atoms. The summed E-state index contributed by atoms with van der Waals surface area (Å²) >= 11 is 5.23. The first-order valence-electron chi connectivity index (χ1n) is 4.45. The highest BCUT2D eigenvalue weighted by molar-refractivity contribution is 6.30. The average Bonchev–Trinajstić information content (AvgIpc) is 2.19. The molecule has 1 rings (SSSR count). The van der Waals surface area contributed by atoms with E-state index >= 15 is 0 Å². The Morgan fingerprint density at radius 2 is 1.76 bits per heavy atom. The van der Waals surface area contributed by atoms with Crippen molar-refractivity contribution in [3.05, 3.63) is 34.4 Å². The molecular weight excluding hydrogens is 267 g/mol. The van der Waals surface area contributed by atoms with Gasteiger partial charge in [-0.05, 0) is 12.1 Å². The molecule has 0 unspecified atom stereocenters. The van der Waals surface area contributed by atoms with Crippen molar-refractivity contribution in [2.45, 2.75) is 19.0 Å². The molecule has 0 fully saturated rings. The Kier molecular flexibility index (Phi) is 4.08. The second-order valence-electron chi connectivity index (χ2n) is 3.28. The van der Waals surface area contributed by atoms with Gasteiger partial charge in [0.1, 0.15) is 11.6 Å². The van der Waals surface area contributed by atoms with Gasteiger partial charge in [-0.25, -0.2) is 8.78 Å². The van der Waals surface area contributed by atoms with Crippen molar-refractivity contribution in [3.63, 3.8) is 0 Å². The van der Waals surface area contributed by atoms with Crippen molar-refractivity contribution in [2.24, 2.45) is 0 Å². The van der Waals surface area contributed by atoms with Crippen LogP contribution in [0.1, 0.15) is 23.2 Å². The molecule has 0 N–H and O–H groups in total. The highest BCUT2D eigenvalue weighted by Crippen LogP contribution is 2.25. The Morgan fingerprint density at radius 1 is 1.18 bits per heavy atom. The number of rotatable bonds is 3. The third kappa shape index (κ3) is 3.96. The number of halogens is 6. The van der Waals surface area contributed by atoms with Crippen molar-refractivity contribution in [3.8, 4) is 0 Å². The van der Waals surface area contributed by atoms with Crippen molar-refractivity contribution < 1.29 is 26.7 Å². The van der Waals surface area contributed by atoms with Crippen LogP contribution in [-0.4, -0.2) is 12.0 Å². The summed E-state index contributed by atoms with van der Waals surface area (Å²) in [7, 11) is 0. The number of hydrogen-bond donors (Lipinski definition) is 0. The fourth-order valence-corrected chi connectivity index (χ4v) is 1.28. The summed E-state index contributed by atoms with van der Waals surface area (Å²) in [6, 6.07) is 1.05. The van der Waals surface area contributed by atoms with Gasteiger partial charge in [0.15, 0.2) is 5.78 Å².